The Morgan fingerprint density at radius 2 is 1.85 bits per heavy atom. The predicted molar refractivity (Wildman–Crippen MR) is 81.3 cm³/mol. The van der Waals surface area contributed by atoms with E-state index in [2.05, 4.69) is 6.58 Å². The maximum atomic E-state index is 10.2. The molecule has 0 aliphatic rings. The highest BCUT2D eigenvalue weighted by atomic mass is 16.5. The summed E-state index contributed by atoms with van der Waals surface area (Å²) >= 11 is 0. The normalized spacial score (nSPS) is 17.2. The van der Waals surface area contributed by atoms with Gasteiger partial charge >= 0.3 is 0 Å². The van der Waals surface area contributed by atoms with E-state index in [-0.39, 0.29) is 11.8 Å². The van der Waals surface area contributed by atoms with Crippen molar-refractivity contribution in [2.75, 3.05) is 6.61 Å². The van der Waals surface area contributed by atoms with Gasteiger partial charge in [-0.15, -0.1) is 6.58 Å². The van der Waals surface area contributed by atoms with Crippen LogP contribution in [0.1, 0.15) is 25.8 Å². The van der Waals surface area contributed by atoms with Crippen molar-refractivity contribution < 1.29 is 14.9 Å². The van der Waals surface area contributed by atoms with Crippen molar-refractivity contribution in [3.63, 3.8) is 0 Å². The molecule has 0 spiro atoms. The number of aliphatic hydroxyl groups is 2. The van der Waals surface area contributed by atoms with Crippen LogP contribution in [-0.2, 0) is 11.3 Å². The highest BCUT2D eigenvalue weighted by Crippen LogP contribution is 2.19. The van der Waals surface area contributed by atoms with E-state index in [0.717, 1.165) is 5.56 Å². The summed E-state index contributed by atoms with van der Waals surface area (Å²) in [7, 11) is 0. The molecule has 0 aliphatic carbocycles. The van der Waals surface area contributed by atoms with E-state index < -0.39 is 12.2 Å². The fourth-order valence-electron chi connectivity index (χ4n) is 2.17. The van der Waals surface area contributed by atoms with Gasteiger partial charge in [0, 0.05) is 11.8 Å². The Morgan fingerprint density at radius 1 is 1.20 bits per heavy atom. The smallest absolute Gasteiger partial charge is 0.0717 e. The molecule has 0 radical (unpaired) electrons. The van der Waals surface area contributed by atoms with Crippen molar-refractivity contribution >= 4 is 0 Å². The van der Waals surface area contributed by atoms with Gasteiger partial charge in [-0.1, -0.05) is 50.3 Å². The second-order valence-electron chi connectivity index (χ2n) is 5.42. The molecule has 3 heteroatoms. The monoisotopic (exact) mass is 278 g/mol. The molecular formula is C17H26O3. The molecule has 1 aromatic rings. The summed E-state index contributed by atoms with van der Waals surface area (Å²) < 4.78 is 5.63. The molecule has 0 unspecified atom stereocenters. The Kier molecular flexibility index (Phi) is 7.52. The summed E-state index contributed by atoms with van der Waals surface area (Å²) in [5.74, 6) is -0.212. The zero-order chi connectivity index (χ0) is 15.0. The van der Waals surface area contributed by atoms with Crippen molar-refractivity contribution in [2.24, 2.45) is 11.8 Å². The van der Waals surface area contributed by atoms with Crippen LogP contribution in [0.5, 0.6) is 0 Å². The van der Waals surface area contributed by atoms with Gasteiger partial charge in [0.2, 0.25) is 0 Å². The van der Waals surface area contributed by atoms with Crippen LogP contribution in [0.4, 0.5) is 0 Å². The standard InChI is InChI=1S/C17H26O3/c1-4-8-16(18)14(3)17(19)13(2)11-20-12-15-9-6-5-7-10-15/h4-7,9-10,13-14,16-19H,1,8,11-12H2,2-3H3/t13-,14-,16+,17+/m1/s1. The van der Waals surface area contributed by atoms with Gasteiger partial charge in [0.05, 0.1) is 25.4 Å². The molecule has 0 bridgehead atoms. The number of ether oxygens (including phenoxy) is 1. The largest absolute Gasteiger partial charge is 0.392 e. The van der Waals surface area contributed by atoms with Crippen molar-refractivity contribution in [1.29, 1.82) is 0 Å². The van der Waals surface area contributed by atoms with Crippen molar-refractivity contribution in [3.05, 3.63) is 48.6 Å². The fourth-order valence-corrected chi connectivity index (χ4v) is 2.17. The predicted octanol–water partition coefficient (Wildman–Crippen LogP) is 2.77. The number of hydrogen-bond donors (Lipinski definition) is 2. The zero-order valence-corrected chi connectivity index (χ0v) is 12.4. The minimum atomic E-state index is -0.583. The zero-order valence-electron chi connectivity index (χ0n) is 12.4. The molecule has 1 rings (SSSR count). The lowest BCUT2D eigenvalue weighted by Crippen LogP contribution is -2.35. The van der Waals surface area contributed by atoms with E-state index in [1.807, 2.05) is 44.2 Å². The van der Waals surface area contributed by atoms with Crippen LogP contribution in [0.3, 0.4) is 0 Å². The molecule has 112 valence electrons. The SMILES string of the molecule is C=CC[C@H](O)[C@@H](C)[C@@H](O)[C@H](C)COCc1ccccc1. The van der Waals surface area contributed by atoms with Crippen LogP contribution in [0.2, 0.25) is 0 Å². The average Bonchev–Trinajstić information content (AvgIpc) is 2.47. The van der Waals surface area contributed by atoms with Gasteiger partial charge in [-0.25, -0.2) is 0 Å². The highest BCUT2D eigenvalue weighted by Gasteiger charge is 2.26. The van der Waals surface area contributed by atoms with Crippen LogP contribution >= 0.6 is 0 Å². The van der Waals surface area contributed by atoms with Gasteiger partial charge in [-0.3, -0.25) is 0 Å². The third-order valence-corrected chi connectivity index (χ3v) is 3.63. The highest BCUT2D eigenvalue weighted by molar-refractivity contribution is 5.13. The molecule has 0 amide bonds. The summed E-state index contributed by atoms with van der Waals surface area (Å²) in [6.45, 7) is 8.41. The minimum absolute atomic E-state index is 0.0202. The lowest BCUT2D eigenvalue weighted by molar-refractivity contribution is -0.0333. The summed E-state index contributed by atoms with van der Waals surface area (Å²) in [6.07, 6.45) is 1.03. The lowest BCUT2D eigenvalue weighted by Gasteiger charge is -2.28. The first-order valence-electron chi connectivity index (χ1n) is 7.15. The molecular weight excluding hydrogens is 252 g/mol. The summed E-state index contributed by atoms with van der Waals surface area (Å²) in [4.78, 5) is 0. The van der Waals surface area contributed by atoms with Crippen LogP contribution in [0.15, 0.2) is 43.0 Å². The molecule has 0 heterocycles. The molecule has 0 fully saturated rings. The summed E-state index contributed by atoms with van der Waals surface area (Å²) in [5.41, 5.74) is 1.12. The second-order valence-corrected chi connectivity index (χ2v) is 5.42. The van der Waals surface area contributed by atoms with Gasteiger partial charge in [-0.2, -0.15) is 0 Å². The quantitative estimate of drug-likeness (QED) is 0.683. The van der Waals surface area contributed by atoms with Gasteiger partial charge in [0.25, 0.3) is 0 Å². The number of hydrogen-bond acceptors (Lipinski definition) is 3. The molecule has 2 N–H and O–H groups in total. The third-order valence-electron chi connectivity index (χ3n) is 3.63. The van der Waals surface area contributed by atoms with Gasteiger partial charge in [0.1, 0.15) is 0 Å². The minimum Gasteiger partial charge on any atom is -0.392 e. The first kappa shape index (κ1) is 16.9. The Hall–Kier alpha value is -1.16. The van der Waals surface area contributed by atoms with Gasteiger partial charge < -0.3 is 14.9 Å². The van der Waals surface area contributed by atoms with Crippen molar-refractivity contribution in [1.82, 2.24) is 0 Å². The molecule has 0 saturated carbocycles. The Balaban J connectivity index is 2.34. The van der Waals surface area contributed by atoms with Crippen LogP contribution in [0, 0.1) is 11.8 Å². The first-order valence-corrected chi connectivity index (χ1v) is 7.15. The molecule has 0 saturated heterocycles. The molecule has 1 aromatic carbocycles. The first-order chi connectivity index (χ1) is 9.56. The summed E-state index contributed by atoms with van der Waals surface area (Å²) in [6, 6.07) is 9.95. The third kappa shape index (κ3) is 5.45. The van der Waals surface area contributed by atoms with E-state index in [1.54, 1.807) is 6.08 Å². The molecule has 0 aliphatic heterocycles. The van der Waals surface area contributed by atoms with Crippen LogP contribution in [-0.4, -0.2) is 29.0 Å². The van der Waals surface area contributed by atoms with E-state index in [0.29, 0.717) is 19.6 Å². The summed E-state index contributed by atoms with van der Waals surface area (Å²) in [5, 5.41) is 20.1. The fraction of sp³-hybridized carbons (Fsp3) is 0.529. The van der Waals surface area contributed by atoms with E-state index in [4.69, 9.17) is 4.74 Å². The number of aliphatic hydroxyl groups excluding tert-OH is 2. The van der Waals surface area contributed by atoms with Crippen LogP contribution < -0.4 is 0 Å². The Morgan fingerprint density at radius 3 is 2.45 bits per heavy atom. The van der Waals surface area contributed by atoms with E-state index >= 15 is 0 Å². The molecule has 3 nitrogen and oxygen atoms in total. The van der Waals surface area contributed by atoms with Gasteiger partial charge in [-0.05, 0) is 12.0 Å². The maximum absolute atomic E-state index is 10.2. The van der Waals surface area contributed by atoms with E-state index in [9.17, 15) is 10.2 Å². The molecule has 20 heavy (non-hydrogen) atoms. The van der Waals surface area contributed by atoms with Gasteiger partial charge in [0.15, 0.2) is 0 Å². The van der Waals surface area contributed by atoms with E-state index in [1.165, 1.54) is 0 Å². The maximum Gasteiger partial charge on any atom is 0.0717 e. The average molecular weight is 278 g/mol. The topological polar surface area (TPSA) is 49.7 Å². The second kappa shape index (κ2) is 8.90. The number of benzene rings is 1. The number of rotatable bonds is 9. The van der Waals surface area contributed by atoms with Crippen LogP contribution in [0.25, 0.3) is 0 Å². The Labute approximate surface area is 121 Å². The van der Waals surface area contributed by atoms with Crippen molar-refractivity contribution in [3.8, 4) is 0 Å². The molecule has 4 atom stereocenters. The molecule has 0 aromatic heterocycles. The van der Waals surface area contributed by atoms with Crippen molar-refractivity contribution in [2.45, 2.75) is 39.1 Å². The lowest BCUT2D eigenvalue weighted by atomic mass is 9.88. The Bertz CT molecular complexity index is 377.